The highest BCUT2D eigenvalue weighted by Crippen LogP contribution is 2.54. The lowest BCUT2D eigenvalue weighted by Gasteiger charge is -2.49. The first-order valence-corrected chi connectivity index (χ1v) is 10.8. The van der Waals surface area contributed by atoms with Crippen LogP contribution in [0.25, 0.3) is 0 Å². The molecule has 0 aromatic heterocycles. The molecule has 3 aromatic rings. The van der Waals surface area contributed by atoms with Gasteiger partial charge in [-0.2, -0.15) is 5.10 Å². The fraction of sp³-hybridized carbons (Fsp3) is 0.200. The summed E-state index contributed by atoms with van der Waals surface area (Å²) in [7, 11) is 0. The van der Waals surface area contributed by atoms with E-state index in [9.17, 15) is 4.79 Å². The lowest BCUT2D eigenvalue weighted by atomic mass is 9.85. The Morgan fingerprint density at radius 2 is 1.57 bits per heavy atom. The van der Waals surface area contributed by atoms with Crippen molar-refractivity contribution in [3.63, 3.8) is 0 Å². The second-order valence-electron chi connectivity index (χ2n) is 8.10. The quantitative estimate of drug-likeness (QED) is 0.543. The summed E-state index contributed by atoms with van der Waals surface area (Å²) in [5.41, 5.74) is 2.77. The first kappa shape index (κ1) is 18.9. The molecule has 5 heteroatoms. The lowest BCUT2D eigenvalue weighted by Crippen LogP contribution is -2.66. The molecule has 30 heavy (non-hydrogen) atoms. The number of para-hydroxylation sites is 1. The monoisotopic (exact) mass is 414 g/mol. The van der Waals surface area contributed by atoms with Crippen LogP contribution >= 0.6 is 11.8 Å². The molecule has 0 unspecified atom stereocenters. The van der Waals surface area contributed by atoms with Crippen LogP contribution in [0.3, 0.4) is 0 Å². The van der Waals surface area contributed by atoms with E-state index in [1.807, 2.05) is 105 Å². The van der Waals surface area contributed by atoms with Crippen LogP contribution in [-0.4, -0.2) is 21.3 Å². The maximum Gasteiger partial charge on any atom is 0.216 e. The number of carbonyl (C=O) groups excluding carboxylic acids is 1. The molecule has 0 fully saturated rings. The van der Waals surface area contributed by atoms with Crippen LogP contribution in [0.5, 0.6) is 5.75 Å². The molecule has 0 saturated heterocycles. The van der Waals surface area contributed by atoms with Gasteiger partial charge in [-0.25, -0.2) is 5.01 Å². The predicted molar refractivity (Wildman–Crippen MR) is 122 cm³/mol. The van der Waals surface area contributed by atoms with E-state index in [2.05, 4.69) is 0 Å². The number of hydrogen-bond acceptors (Lipinski definition) is 5. The molecule has 1 spiro atoms. The van der Waals surface area contributed by atoms with Crippen molar-refractivity contribution in [1.82, 2.24) is 0 Å². The van der Waals surface area contributed by atoms with E-state index in [1.54, 1.807) is 0 Å². The van der Waals surface area contributed by atoms with E-state index in [0.717, 1.165) is 21.9 Å². The number of rotatable bonds is 2. The second-order valence-corrected chi connectivity index (χ2v) is 9.28. The molecule has 0 saturated carbocycles. The number of carbonyl (C=O) groups is 1. The lowest BCUT2D eigenvalue weighted by molar-refractivity contribution is 0.0392. The molecule has 0 radical (unpaired) electrons. The van der Waals surface area contributed by atoms with Gasteiger partial charge in [-0.1, -0.05) is 71.9 Å². The first-order chi connectivity index (χ1) is 14.4. The summed E-state index contributed by atoms with van der Waals surface area (Å²) >= 11 is 1.47. The zero-order valence-corrected chi connectivity index (χ0v) is 17.9. The summed E-state index contributed by atoms with van der Waals surface area (Å²) in [5.74, 6) is 0.630. The van der Waals surface area contributed by atoms with Crippen LogP contribution in [0, 0.1) is 6.92 Å². The number of ether oxygens (including phenoxy) is 1. The van der Waals surface area contributed by atoms with Crippen molar-refractivity contribution >= 4 is 28.3 Å². The van der Waals surface area contributed by atoms with Crippen molar-refractivity contribution in [3.8, 4) is 5.75 Å². The van der Waals surface area contributed by atoms with Gasteiger partial charge in [-0.05, 0) is 45.0 Å². The molecular weight excluding hydrogens is 392 g/mol. The number of hydrazone groups is 1. The standard InChI is InChI=1S/C25H22N2O2S/c1-17-13-15-19(16-14-17)27-25(30-23(26-27)18-9-5-4-6-10-18)22(28)20-11-7-8-12-21(20)29-24(25,2)3/h4-16H,1-3H3/t25-/m1/s1. The number of fused-ring (bicyclic) bond motifs is 1. The normalized spacial score (nSPS) is 21.9. The summed E-state index contributed by atoms with van der Waals surface area (Å²) in [5, 5.41) is 7.63. The third kappa shape index (κ3) is 2.69. The van der Waals surface area contributed by atoms with Crippen LogP contribution < -0.4 is 9.75 Å². The number of Topliss-reactive ketones (excluding diaryl/α,β-unsaturated/α-hetero) is 1. The summed E-state index contributed by atoms with van der Waals surface area (Å²) < 4.78 is 6.43. The Bertz CT molecular complexity index is 1160. The SMILES string of the molecule is Cc1ccc(N2N=C(c3ccccc3)S[C@@]23C(=O)c2ccccc2OC3(C)C)cc1. The minimum absolute atomic E-state index is 0.00889. The van der Waals surface area contributed by atoms with Crippen LogP contribution in [0.4, 0.5) is 5.69 Å². The van der Waals surface area contributed by atoms with Crippen molar-refractivity contribution in [3.05, 3.63) is 95.6 Å². The van der Waals surface area contributed by atoms with E-state index >= 15 is 0 Å². The van der Waals surface area contributed by atoms with Crippen molar-refractivity contribution in [1.29, 1.82) is 0 Å². The Morgan fingerprint density at radius 3 is 2.30 bits per heavy atom. The van der Waals surface area contributed by atoms with Gasteiger partial charge in [0.2, 0.25) is 10.7 Å². The van der Waals surface area contributed by atoms with Gasteiger partial charge in [-0.3, -0.25) is 4.79 Å². The Hall–Kier alpha value is -3.05. The smallest absolute Gasteiger partial charge is 0.216 e. The average Bonchev–Trinajstić information content (AvgIpc) is 3.16. The molecule has 4 nitrogen and oxygen atoms in total. The highest BCUT2D eigenvalue weighted by Gasteiger charge is 2.65. The van der Waals surface area contributed by atoms with Crippen molar-refractivity contribution < 1.29 is 9.53 Å². The van der Waals surface area contributed by atoms with Gasteiger partial charge < -0.3 is 4.74 Å². The minimum Gasteiger partial charge on any atom is -0.483 e. The van der Waals surface area contributed by atoms with Gasteiger partial charge in [-0.15, -0.1) is 0 Å². The van der Waals surface area contributed by atoms with Crippen molar-refractivity contribution in [2.45, 2.75) is 31.2 Å². The number of hydrogen-bond donors (Lipinski definition) is 0. The maximum absolute atomic E-state index is 14.1. The zero-order valence-electron chi connectivity index (χ0n) is 17.1. The topological polar surface area (TPSA) is 41.9 Å². The number of aryl methyl sites for hydroxylation is 1. The molecule has 0 N–H and O–H groups in total. The van der Waals surface area contributed by atoms with Gasteiger partial charge >= 0.3 is 0 Å². The number of thioether (sulfide) groups is 1. The van der Waals surface area contributed by atoms with E-state index in [-0.39, 0.29) is 5.78 Å². The zero-order chi connectivity index (χ0) is 20.9. The molecule has 150 valence electrons. The Kier molecular flexibility index (Phi) is 4.26. The maximum atomic E-state index is 14.1. The number of ketones is 1. The molecule has 0 bridgehead atoms. The molecule has 0 amide bonds. The summed E-state index contributed by atoms with van der Waals surface area (Å²) in [6, 6.07) is 25.6. The van der Waals surface area contributed by atoms with Gasteiger partial charge in [0.25, 0.3) is 0 Å². The van der Waals surface area contributed by atoms with Gasteiger partial charge in [0, 0.05) is 5.56 Å². The number of nitrogens with zero attached hydrogens (tertiary/aromatic N) is 2. The van der Waals surface area contributed by atoms with E-state index in [4.69, 9.17) is 9.84 Å². The Balaban J connectivity index is 1.72. The largest absolute Gasteiger partial charge is 0.483 e. The average molecular weight is 415 g/mol. The number of anilines is 1. The molecule has 5 rings (SSSR count). The Morgan fingerprint density at radius 1 is 0.900 bits per heavy atom. The molecular formula is C25H22N2O2S. The molecule has 2 heterocycles. The van der Waals surface area contributed by atoms with Gasteiger partial charge in [0.05, 0.1) is 11.3 Å². The van der Waals surface area contributed by atoms with Crippen LogP contribution in [-0.2, 0) is 0 Å². The second kappa shape index (κ2) is 6.74. The predicted octanol–water partition coefficient (Wildman–Crippen LogP) is 5.66. The highest BCUT2D eigenvalue weighted by atomic mass is 32.2. The van der Waals surface area contributed by atoms with E-state index in [0.29, 0.717) is 11.3 Å². The van der Waals surface area contributed by atoms with Crippen LogP contribution in [0.15, 0.2) is 84.0 Å². The van der Waals surface area contributed by atoms with Crippen LogP contribution in [0.1, 0.15) is 35.3 Å². The third-order valence-corrected chi connectivity index (χ3v) is 7.31. The fourth-order valence-electron chi connectivity index (χ4n) is 4.05. The first-order valence-electron chi connectivity index (χ1n) is 9.95. The number of benzene rings is 3. The molecule has 2 aliphatic rings. The fourth-order valence-corrected chi connectivity index (χ4v) is 5.43. The molecule has 2 aliphatic heterocycles. The molecule has 3 aromatic carbocycles. The highest BCUT2D eigenvalue weighted by molar-refractivity contribution is 8.16. The molecule has 0 aliphatic carbocycles. The third-order valence-electron chi connectivity index (χ3n) is 5.65. The van der Waals surface area contributed by atoms with E-state index in [1.165, 1.54) is 11.8 Å². The van der Waals surface area contributed by atoms with Gasteiger partial charge in [0.15, 0.2) is 0 Å². The summed E-state index contributed by atoms with van der Waals surface area (Å²) in [6.45, 7) is 5.99. The van der Waals surface area contributed by atoms with Crippen molar-refractivity contribution in [2.75, 3.05) is 5.01 Å². The summed E-state index contributed by atoms with van der Waals surface area (Å²) in [6.07, 6.45) is 0. The minimum atomic E-state index is -1.05. The summed E-state index contributed by atoms with van der Waals surface area (Å²) in [4.78, 5) is 13.0. The molecule has 1 atom stereocenters. The van der Waals surface area contributed by atoms with E-state index < -0.39 is 10.5 Å². The van der Waals surface area contributed by atoms with Crippen LogP contribution in [0.2, 0.25) is 0 Å². The Labute approximate surface area is 180 Å². The van der Waals surface area contributed by atoms with Crippen molar-refractivity contribution in [2.24, 2.45) is 5.10 Å². The van der Waals surface area contributed by atoms with Gasteiger partial charge in [0.1, 0.15) is 16.4 Å².